The standard InChI is InChI=1S/C25H27FN4OS/c1-16-14-19(17(2)30(16)22-11-4-3-9-20(22)26)24-23(21-10-5-6-12-27-21)28-25(32)29(24)15-18-8-7-13-31-18/h3-6,9-12,14,18,23-24H,7-8,13,15H2,1-2H3,(H,28,32)/t18-,23-,24-/m1/s1. The Morgan fingerprint density at radius 3 is 2.72 bits per heavy atom. The Labute approximate surface area is 193 Å². The monoisotopic (exact) mass is 450 g/mol. The second kappa shape index (κ2) is 8.64. The van der Waals surface area contributed by atoms with Gasteiger partial charge in [-0.3, -0.25) is 4.98 Å². The van der Waals surface area contributed by atoms with E-state index in [-0.39, 0.29) is 24.0 Å². The zero-order valence-corrected chi connectivity index (χ0v) is 19.1. The van der Waals surface area contributed by atoms with Gasteiger partial charge in [0.2, 0.25) is 0 Å². The minimum Gasteiger partial charge on any atom is -0.376 e. The summed E-state index contributed by atoms with van der Waals surface area (Å²) in [7, 11) is 0. The predicted octanol–water partition coefficient (Wildman–Crippen LogP) is 4.78. The zero-order chi connectivity index (χ0) is 22.2. The first-order valence-corrected chi connectivity index (χ1v) is 11.5. The Kier molecular flexibility index (Phi) is 5.69. The molecule has 7 heteroatoms. The number of aryl methyl sites for hydroxylation is 1. The molecule has 1 aromatic carbocycles. The first kappa shape index (κ1) is 21.1. The van der Waals surface area contributed by atoms with Crippen molar-refractivity contribution in [1.82, 2.24) is 19.8 Å². The van der Waals surface area contributed by atoms with Crippen molar-refractivity contribution in [2.75, 3.05) is 13.2 Å². The van der Waals surface area contributed by atoms with E-state index in [4.69, 9.17) is 17.0 Å². The molecular formula is C25H27FN4OS. The number of benzene rings is 1. The van der Waals surface area contributed by atoms with Crippen LogP contribution in [0.15, 0.2) is 54.7 Å². The van der Waals surface area contributed by atoms with E-state index >= 15 is 0 Å². The molecular weight excluding hydrogens is 423 g/mol. The average molecular weight is 451 g/mol. The van der Waals surface area contributed by atoms with Crippen molar-refractivity contribution in [2.24, 2.45) is 0 Å². The van der Waals surface area contributed by atoms with E-state index in [2.05, 4.69) is 28.2 Å². The molecule has 5 rings (SSSR count). The molecule has 0 unspecified atom stereocenters. The summed E-state index contributed by atoms with van der Waals surface area (Å²) in [6.45, 7) is 5.59. The van der Waals surface area contributed by atoms with Crippen molar-refractivity contribution < 1.29 is 9.13 Å². The van der Waals surface area contributed by atoms with Gasteiger partial charge in [-0.2, -0.15) is 0 Å². The van der Waals surface area contributed by atoms with Crippen LogP contribution in [0.5, 0.6) is 0 Å². The van der Waals surface area contributed by atoms with Gasteiger partial charge in [0.05, 0.1) is 29.6 Å². The highest BCUT2D eigenvalue weighted by molar-refractivity contribution is 7.80. The summed E-state index contributed by atoms with van der Waals surface area (Å²) < 4.78 is 22.6. The van der Waals surface area contributed by atoms with Crippen LogP contribution in [0.3, 0.4) is 0 Å². The molecule has 1 N–H and O–H groups in total. The Balaban J connectivity index is 1.60. The first-order chi connectivity index (χ1) is 15.5. The lowest BCUT2D eigenvalue weighted by Gasteiger charge is -2.30. The van der Waals surface area contributed by atoms with Gasteiger partial charge < -0.3 is 19.5 Å². The van der Waals surface area contributed by atoms with Crippen molar-refractivity contribution >= 4 is 17.3 Å². The molecule has 0 bridgehead atoms. The molecule has 166 valence electrons. The number of nitrogens with zero attached hydrogens (tertiary/aromatic N) is 3. The molecule has 2 aliphatic rings. The van der Waals surface area contributed by atoms with Gasteiger partial charge in [-0.05, 0) is 74.8 Å². The van der Waals surface area contributed by atoms with E-state index in [0.29, 0.717) is 10.8 Å². The number of pyridine rings is 1. The maximum atomic E-state index is 14.7. The maximum absolute atomic E-state index is 14.7. The number of para-hydroxylation sites is 1. The van der Waals surface area contributed by atoms with E-state index < -0.39 is 0 Å². The SMILES string of the molecule is Cc1cc([C@@H]2[C@@H](c3ccccn3)NC(=S)N2C[C@H]2CCCO2)c(C)n1-c1ccccc1F. The molecule has 2 saturated heterocycles. The fourth-order valence-electron chi connectivity index (χ4n) is 5.04. The molecule has 2 fully saturated rings. The Morgan fingerprint density at radius 1 is 1.19 bits per heavy atom. The average Bonchev–Trinajstić information content (AvgIpc) is 3.49. The molecule has 2 aliphatic heterocycles. The minimum atomic E-state index is -0.238. The highest BCUT2D eigenvalue weighted by atomic mass is 32.1. The van der Waals surface area contributed by atoms with E-state index in [1.807, 2.05) is 48.0 Å². The lowest BCUT2D eigenvalue weighted by molar-refractivity contribution is 0.0842. The Hall–Kier alpha value is -2.77. The van der Waals surface area contributed by atoms with Gasteiger partial charge in [-0.25, -0.2) is 4.39 Å². The van der Waals surface area contributed by atoms with Crippen LogP contribution in [-0.4, -0.2) is 38.8 Å². The van der Waals surface area contributed by atoms with Crippen LogP contribution < -0.4 is 5.32 Å². The highest BCUT2D eigenvalue weighted by Crippen LogP contribution is 2.42. The van der Waals surface area contributed by atoms with Gasteiger partial charge >= 0.3 is 0 Å². The Bertz CT molecular complexity index is 1130. The number of hydrogen-bond donors (Lipinski definition) is 1. The summed E-state index contributed by atoms with van der Waals surface area (Å²) >= 11 is 5.79. The van der Waals surface area contributed by atoms with E-state index in [9.17, 15) is 4.39 Å². The molecule has 5 nitrogen and oxygen atoms in total. The summed E-state index contributed by atoms with van der Waals surface area (Å²) in [4.78, 5) is 6.86. The summed E-state index contributed by atoms with van der Waals surface area (Å²) in [5.41, 5.74) is 4.60. The molecule has 32 heavy (non-hydrogen) atoms. The summed E-state index contributed by atoms with van der Waals surface area (Å²) in [6.07, 6.45) is 4.08. The van der Waals surface area contributed by atoms with Crippen molar-refractivity contribution in [2.45, 2.75) is 44.9 Å². The molecule has 0 amide bonds. The number of thiocarbonyl (C=S) groups is 1. The van der Waals surface area contributed by atoms with Crippen molar-refractivity contribution in [3.63, 3.8) is 0 Å². The number of nitrogens with one attached hydrogen (secondary N) is 1. The molecule has 0 radical (unpaired) electrons. The number of rotatable bonds is 5. The molecule has 3 atom stereocenters. The normalized spacial score (nSPS) is 23.0. The quantitative estimate of drug-likeness (QED) is 0.567. The smallest absolute Gasteiger partial charge is 0.170 e. The number of aromatic nitrogens is 2. The second-order valence-corrected chi connectivity index (χ2v) is 8.91. The molecule has 0 spiro atoms. The van der Waals surface area contributed by atoms with Crippen molar-refractivity contribution in [3.8, 4) is 5.69 Å². The van der Waals surface area contributed by atoms with Crippen molar-refractivity contribution in [1.29, 1.82) is 0 Å². The fourth-order valence-corrected chi connectivity index (χ4v) is 5.35. The number of ether oxygens (including phenoxy) is 1. The lowest BCUT2D eigenvalue weighted by atomic mass is 9.96. The van der Waals surface area contributed by atoms with Crippen molar-refractivity contribution in [3.05, 3.63) is 83.2 Å². The van der Waals surface area contributed by atoms with Crippen LogP contribution in [0.25, 0.3) is 5.69 Å². The second-order valence-electron chi connectivity index (χ2n) is 8.53. The maximum Gasteiger partial charge on any atom is 0.170 e. The molecule has 0 saturated carbocycles. The van der Waals surface area contributed by atoms with E-state index in [1.54, 1.807) is 6.07 Å². The predicted molar refractivity (Wildman–Crippen MR) is 126 cm³/mol. The fraction of sp³-hybridized carbons (Fsp3) is 0.360. The third-order valence-electron chi connectivity index (χ3n) is 6.50. The highest BCUT2D eigenvalue weighted by Gasteiger charge is 2.42. The topological polar surface area (TPSA) is 42.3 Å². The third kappa shape index (κ3) is 3.69. The van der Waals surface area contributed by atoms with Gasteiger partial charge in [-0.1, -0.05) is 18.2 Å². The lowest BCUT2D eigenvalue weighted by Crippen LogP contribution is -2.36. The molecule has 4 heterocycles. The van der Waals surface area contributed by atoms with E-state index in [1.165, 1.54) is 6.07 Å². The van der Waals surface area contributed by atoms with E-state index in [0.717, 1.165) is 48.6 Å². The zero-order valence-electron chi connectivity index (χ0n) is 18.3. The van der Waals surface area contributed by atoms with Crippen LogP contribution in [0.2, 0.25) is 0 Å². The summed E-state index contributed by atoms with van der Waals surface area (Å²) in [6, 6.07) is 14.8. The van der Waals surface area contributed by atoms with Crippen LogP contribution in [-0.2, 0) is 4.74 Å². The van der Waals surface area contributed by atoms with Gasteiger partial charge in [-0.15, -0.1) is 0 Å². The van der Waals surface area contributed by atoms with Gasteiger partial charge in [0.15, 0.2) is 5.11 Å². The van der Waals surface area contributed by atoms with Crippen LogP contribution in [0.1, 0.15) is 47.6 Å². The number of hydrogen-bond acceptors (Lipinski definition) is 3. The van der Waals surface area contributed by atoms with Gasteiger partial charge in [0.25, 0.3) is 0 Å². The third-order valence-corrected chi connectivity index (χ3v) is 6.86. The molecule has 0 aliphatic carbocycles. The Morgan fingerprint density at radius 2 is 2.00 bits per heavy atom. The first-order valence-electron chi connectivity index (χ1n) is 11.1. The van der Waals surface area contributed by atoms with Gasteiger partial charge in [0, 0.05) is 30.7 Å². The van der Waals surface area contributed by atoms with Crippen LogP contribution in [0.4, 0.5) is 4.39 Å². The van der Waals surface area contributed by atoms with Crippen LogP contribution >= 0.6 is 12.2 Å². The van der Waals surface area contributed by atoms with Crippen LogP contribution in [0, 0.1) is 19.7 Å². The molecule has 3 aromatic rings. The number of halogens is 1. The molecule has 2 aromatic heterocycles. The minimum absolute atomic E-state index is 0.0617. The summed E-state index contributed by atoms with van der Waals surface area (Å²) in [5, 5.41) is 4.21. The summed E-state index contributed by atoms with van der Waals surface area (Å²) in [5.74, 6) is -0.238. The largest absolute Gasteiger partial charge is 0.376 e. The van der Waals surface area contributed by atoms with Gasteiger partial charge in [0.1, 0.15) is 5.82 Å².